The van der Waals surface area contributed by atoms with Gasteiger partial charge in [0.15, 0.2) is 10.2 Å². The fourth-order valence-electron chi connectivity index (χ4n) is 1.29. The second kappa shape index (κ2) is 5.49. The standard InChI is InChI=1S/C10H11N3O3S2/c1-5-7(3-9(14)15)18-10(11-5)17-4-8-12-6(2)16-13-8/h3-4H2,1-2H3,(H,14,15). The molecule has 2 aromatic heterocycles. The van der Waals surface area contributed by atoms with Crippen LogP contribution < -0.4 is 0 Å². The van der Waals surface area contributed by atoms with Gasteiger partial charge in [-0.3, -0.25) is 4.79 Å². The van der Waals surface area contributed by atoms with Crippen LogP contribution in [0.1, 0.15) is 22.3 Å². The summed E-state index contributed by atoms with van der Waals surface area (Å²) in [4.78, 5) is 19.8. The number of aromatic nitrogens is 3. The Morgan fingerprint density at radius 3 is 2.83 bits per heavy atom. The van der Waals surface area contributed by atoms with Gasteiger partial charge >= 0.3 is 5.97 Å². The number of carboxylic acid groups (broad SMARTS) is 1. The number of thioether (sulfide) groups is 1. The second-order valence-electron chi connectivity index (χ2n) is 3.58. The smallest absolute Gasteiger partial charge is 0.308 e. The molecular weight excluding hydrogens is 274 g/mol. The second-order valence-corrected chi connectivity index (χ2v) is 5.88. The lowest BCUT2D eigenvalue weighted by Crippen LogP contribution is -1.99. The molecule has 0 bridgehead atoms. The summed E-state index contributed by atoms with van der Waals surface area (Å²) in [6.45, 7) is 3.55. The van der Waals surface area contributed by atoms with E-state index in [9.17, 15) is 4.79 Å². The van der Waals surface area contributed by atoms with Crippen molar-refractivity contribution in [2.45, 2.75) is 30.4 Å². The summed E-state index contributed by atoms with van der Waals surface area (Å²) in [5, 5.41) is 12.5. The molecule has 0 spiro atoms. The largest absolute Gasteiger partial charge is 0.481 e. The number of aliphatic carboxylic acids is 1. The van der Waals surface area contributed by atoms with E-state index in [4.69, 9.17) is 9.63 Å². The zero-order valence-electron chi connectivity index (χ0n) is 9.84. The lowest BCUT2D eigenvalue weighted by Gasteiger charge is -1.90. The van der Waals surface area contributed by atoms with Crippen molar-refractivity contribution >= 4 is 29.1 Å². The van der Waals surface area contributed by atoms with Gasteiger partial charge in [0.25, 0.3) is 0 Å². The summed E-state index contributed by atoms with van der Waals surface area (Å²) in [7, 11) is 0. The molecule has 6 nitrogen and oxygen atoms in total. The first-order valence-electron chi connectivity index (χ1n) is 5.14. The summed E-state index contributed by atoms with van der Waals surface area (Å²) in [5.74, 6) is 0.876. The van der Waals surface area contributed by atoms with Gasteiger partial charge in [-0.25, -0.2) is 4.98 Å². The van der Waals surface area contributed by atoms with Crippen molar-refractivity contribution in [3.05, 3.63) is 22.3 Å². The van der Waals surface area contributed by atoms with E-state index in [-0.39, 0.29) is 6.42 Å². The van der Waals surface area contributed by atoms with Crippen LogP contribution in [-0.2, 0) is 17.0 Å². The van der Waals surface area contributed by atoms with Crippen LogP contribution >= 0.6 is 23.1 Å². The lowest BCUT2D eigenvalue weighted by atomic mass is 10.3. The predicted molar refractivity (Wildman–Crippen MR) is 66.8 cm³/mol. The summed E-state index contributed by atoms with van der Waals surface area (Å²) < 4.78 is 5.69. The average molecular weight is 285 g/mol. The highest BCUT2D eigenvalue weighted by Gasteiger charge is 2.12. The third-order valence-electron chi connectivity index (χ3n) is 2.08. The molecule has 0 radical (unpaired) electrons. The monoisotopic (exact) mass is 285 g/mol. The highest BCUT2D eigenvalue weighted by Crippen LogP contribution is 2.29. The molecule has 2 aromatic rings. The van der Waals surface area contributed by atoms with Gasteiger partial charge in [0, 0.05) is 11.8 Å². The van der Waals surface area contributed by atoms with Crippen molar-refractivity contribution in [1.82, 2.24) is 15.1 Å². The van der Waals surface area contributed by atoms with E-state index < -0.39 is 5.97 Å². The maximum Gasteiger partial charge on any atom is 0.308 e. The topological polar surface area (TPSA) is 89.1 Å². The summed E-state index contributed by atoms with van der Waals surface area (Å²) >= 11 is 2.88. The Kier molecular flexibility index (Phi) is 3.97. The molecule has 18 heavy (non-hydrogen) atoms. The van der Waals surface area contributed by atoms with Crippen molar-refractivity contribution in [2.24, 2.45) is 0 Å². The van der Waals surface area contributed by atoms with Crippen LogP contribution in [0.2, 0.25) is 0 Å². The molecule has 0 fully saturated rings. The molecule has 0 saturated carbocycles. The molecular formula is C10H11N3O3S2. The normalized spacial score (nSPS) is 10.8. The van der Waals surface area contributed by atoms with E-state index in [1.165, 1.54) is 23.1 Å². The molecule has 0 unspecified atom stereocenters. The Labute approximate surface area is 111 Å². The molecule has 0 aliphatic heterocycles. The molecule has 0 aromatic carbocycles. The van der Waals surface area contributed by atoms with Crippen molar-refractivity contribution < 1.29 is 14.4 Å². The van der Waals surface area contributed by atoms with Crippen molar-refractivity contribution in [3.8, 4) is 0 Å². The number of aryl methyl sites for hydroxylation is 2. The van der Waals surface area contributed by atoms with Crippen LogP contribution in [0.3, 0.4) is 0 Å². The molecule has 2 heterocycles. The number of thiazole rings is 1. The zero-order valence-corrected chi connectivity index (χ0v) is 11.5. The van der Waals surface area contributed by atoms with Crippen molar-refractivity contribution in [3.63, 3.8) is 0 Å². The number of nitrogens with zero attached hydrogens (tertiary/aromatic N) is 3. The third kappa shape index (κ3) is 3.30. The fourth-order valence-corrected chi connectivity index (χ4v) is 3.36. The van der Waals surface area contributed by atoms with Crippen LogP contribution in [0.5, 0.6) is 0 Å². The van der Waals surface area contributed by atoms with Crippen LogP contribution in [0.4, 0.5) is 0 Å². The quantitative estimate of drug-likeness (QED) is 0.841. The van der Waals surface area contributed by atoms with E-state index in [0.717, 1.165) is 14.9 Å². The molecule has 0 saturated heterocycles. The van der Waals surface area contributed by atoms with Gasteiger partial charge in [-0.2, -0.15) is 4.98 Å². The first-order valence-corrected chi connectivity index (χ1v) is 6.95. The van der Waals surface area contributed by atoms with Crippen molar-refractivity contribution in [1.29, 1.82) is 0 Å². The van der Waals surface area contributed by atoms with Crippen molar-refractivity contribution in [2.75, 3.05) is 0 Å². The Morgan fingerprint density at radius 2 is 2.22 bits per heavy atom. The first kappa shape index (κ1) is 13.0. The van der Waals surface area contributed by atoms with E-state index in [0.29, 0.717) is 17.5 Å². The highest BCUT2D eigenvalue weighted by molar-refractivity contribution is 8.00. The summed E-state index contributed by atoms with van der Waals surface area (Å²) in [5.41, 5.74) is 0.772. The fraction of sp³-hybridized carbons (Fsp3) is 0.400. The maximum atomic E-state index is 10.7. The van der Waals surface area contributed by atoms with Gasteiger partial charge in [0.05, 0.1) is 17.9 Å². The number of hydrogen-bond donors (Lipinski definition) is 1. The average Bonchev–Trinajstić information content (AvgIpc) is 2.83. The van der Waals surface area contributed by atoms with Crippen LogP contribution in [0, 0.1) is 13.8 Å². The molecule has 1 N–H and O–H groups in total. The van der Waals surface area contributed by atoms with Gasteiger partial charge in [-0.1, -0.05) is 16.9 Å². The zero-order chi connectivity index (χ0) is 13.1. The SMILES string of the molecule is Cc1nc(CSc2nc(C)c(CC(=O)O)s2)no1. The predicted octanol–water partition coefficient (Wildman–Crippen LogP) is 2.06. The Morgan fingerprint density at radius 1 is 1.44 bits per heavy atom. The molecule has 96 valence electrons. The number of carbonyl (C=O) groups is 1. The van der Waals surface area contributed by atoms with E-state index in [1.54, 1.807) is 6.92 Å². The molecule has 0 aliphatic carbocycles. The molecule has 0 amide bonds. The molecule has 0 atom stereocenters. The Bertz CT molecular complexity index is 564. The molecule has 2 rings (SSSR count). The maximum absolute atomic E-state index is 10.7. The number of carboxylic acids is 1. The number of rotatable bonds is 5. The number of hydrogen-bond acceptors (Lipinski definition) is 7. The minimum atomic E-state index is -0.841. The Balaban J connectivity index is 1.99. The van der Waals surface area contributed by atoms with E-state index in [2.05, 4.69) is 15.1 Å². The highest BCUT2D eigenvalue weighted by atomic mass is 32.2. The first-order chi connectivity index (χ1) is 8.54. The van der Waals surface area contributed by atoms with Crippen LogP contribution in [-0.4, -0.2) is 26.2 Å². The van der Waals surface area contributed by atoms with Gasteiger partial charge in [-0.05, 0) is 6.92 Å². The summed E-state index contributed by atoms with van der Waals surface area (Å²) in [6, 6.07) is 0. The van der Waals surface area contributed by atoms with E-state index >= 15 is 0 Å². The Hall–Kier alpha value is -1.41. The minimum Gasteiger partial charge on any atom is -0.481 e. The molecule has 0 aliphatic rings. The molecule has 8 heteroatoms. The van der Waals surface area contributed by atoms with Gasteiger partial charge in [-0.15, -0.1) is 11.3 Å². The van der Waals surface area contributed by atoms with Gasteiger partial charge in [0.2, 0.25) is 5.89 Å². The van der Waals surface area contributed by atoms with Crippen LogP contribution in [0.25, 0.3) is 0 Å². The van der Waals surface area contributed by atoms with Gasteiger partial charge < -0.3 is 9.63 Å². The lowest BCUT2D eigenvalue weighted by molar-refractivity contribution is -0.136. The summed E-state index contributed by atoms with van der Waals surface area (Å²) in [6.07, 6.45) is 0.0192. The minimum absolute atomic E-state index is 0.0192. The van der Waals surface area contributed by atoms with E-state index in [1.807, 2.05) is 6.92 Å². The van der Waals surface area contributed by atoms with Gasteiger partial charge in [0.1, 0.15) is 0 Å². The van der Waals surface area contributed by atoms with Crippen LogP contribution in [0.15, 0.2) is 8.86 Å². The third-order valence-corrected chi connectivity index (χ3v) is 4.38.